The maximum atomic E-state index is 6.15. The molecule has 1 saturated heterocycles. The van der Waals surface area contributed by atoms with Crippen molar-refractivity contribution in [1.29, 1.82) is 0 Å². The summed E-state index contributed by atoms with van der Waals surface area (Å²) < 4.78 is 6.15. The minimum Gasteiger partial charge on any atom is -0.474 e. The molecule has 1 aromatic rings. The van der Waals surface area contributed by atoms with Crippen LogP contribution >= 0.6 is 0 Å². The van der Waals surface area contributed by atoms with Crippen LogP contribution in [0.4, 0.5) is 0 Å². The molecular formula is C17H29N3O. The van der Waals surface area contributed by atoms with Gasteiger partial charge in [-0.3, -0.25) is 0 Å². The Bertz CT molecular complexity index is 428. The zero-order chi connectivity index (χ0) is 15.1. The summed E-state index contributed by atoms with van der Waals surface area (Å²) in [6.07, 6.45) is 4.64. The minimum absolute atomic E-state index is 0.317. The summed E-state index contributed by atoms with van der Waals surface area (Å²) in [5.41, 5.74) is 2.43. The SMILES string of the molecule is CCCc1cc(CNCC)cc(OC2CCN(C)CC2)n1. The highest BCUT2D eigenvalue weighted by Gasteiger charge is 2.18. The van der Waals surface area contributed by atoms with Crippen molar-refractivity contribution >= 4 is 0 Å². The third-order valence-corrected chi connectivity index (χ3v) is 3.95. The normalized spacial score (nSPS) is 17.1. The van der Waals surface area contributed by atoms with Crippen LogP contribution < -0.4 is 10.1 Å². The van der Waals surface area contributed by atoms with Crippen LogP contribution in [0.1, 0.15) is 44.4 Å². The lowest BCUT2D eigenvalue weighted by molar-refractivity contribution is 0.109. The Kier molecular flexibility index (Phi) is 6.46. The van der Waals surface area contributed by atoms with Crippen LogP contribution in [-0.2, 0) is 13.0 Å². The number of aryl methyl sites for hydroxylation is 1. The summed E-state index contributed by atoms with van der Waals surface area (Å²) in [6, 6.07) is 4.30. The Morgan fingerprint density at radius 3 is 2.71 bits per heavy atom. The lowest BCUT2D eigenvalue weighted by atomic mass is 10.1. The quantitative estimate of drug-likeness (QED) is 0.838. The van der Waals surface area contributed by atoms with Gasteiger partial charge in [-0.25, -0.2) is 4.98 Å². The van der Waals surface area contributed by atoms with Crippen molar-refractivity contribution in [1.82, 2.24) is 15.2 Å². The fraction of sp³-hybridized carbons (Fsp3) is 0.706. The predicted octanol–water partition coefficient (Wildman–Crippen LogP) is 2.62. The highest BCUT2D eigenvalue weighted by molar-refractivity contribution is 5.25. The van der Waals surface area contributed by atoms with Crippen molar-refractivity contribution in [2.45, 2.75) is 52.2 Å². The van der Waals surface area contributed by atoms with E-state index < -0.39 is 0 Å². The number of rotatable bonds is 7. The number of hydrogen-bond acceptors (Lipinski definition) is 4. The van der Waals surface area contributed by atoms with E-state index in [1.165, 1.54) is 5.56 Å². The average Bonchev–Trinajstić information content (AvgIpc) is 2.48. The lowest BCUT2D eigenvalue weighted by Crippen LogP contribution is -2.35. The highest BCUT2D eigenvalue weighted by atomic mass is 16.5. The largest absolute Gasteiger partial charge is 0.474 e. The molecule has 21 heavy (non-hydrogen) atoms. The molecule has 0 unspecified atom stereocenters. The predicted molar refractivity (Wildman–Crippen MR) is 86.8 cm³/mol. The van der Waals surface area contributed by atoms with Gasteiger partial charge in [0.05, 0.1) is 0 Å². The maximum Gasteiger partial charge on any atom is 0.214 e. The summed E-state index contributed by atoms with van der Waals surface area (Å²) >= 11 is 0. The Morgan fingerprint density at radius 2 is 2.05 bits per heavy atom. The van der Waals surface area contributed by atoms with Crippen LogP contribution in [0.2, 0.25) is 0 Å². The van der Waals surface area contributed by atoms with E-state index in [0.717, 1.165) is 63.4 Å². The van der Waals surface area contributed by atoms with Crippen LogP contribution in [0.5, 0.6) is 5.88 Å². The van der Waals surface area contributed by atoms with Crippen LogP contribution in [0.3, 0.4) is 0 Å². The third-order valence-electron chi connectivity index (χ3n) is 3.95. The highest BCUT2D eigenvalue weighted by Crippen LogP contribution is 2.19. The van der Waals surface area contributed by atoms with Crippen molar-refractivity contribution in [2.75, 3.05) is 26.7 Å². The molecule has 0 amide bonds. The van der Waals surface area contributed by atoms with Gasteiger partial charge in [0.25, 0.3) is 0 Å². The monoisotopic (exact) mass is 291 g/mol. The Hall–Kier alpha value is -1.13. The van der Waals surface area contributed by atoms with Crippen LogP contribution in [0, 0.1) is 0 Å². The van der Waals surface area contributed by atoms with Crippen molar-refractivity contribution in [3.8, 4) is 5.88 Å². The zero-order valence-corrected chi connectivity index (χ0v) is 13.7. The van der Waals surface area contributed by atoms with Crippen LogP contribution in [0.15, 0.2) is 12.1 Å². The molecular weight excluding hydrogens is 262 g/mol. The molecule has 1 aliphatic rings. The number of likely N-dealkylation sites (tertiary alicyclic amines) is 1. The van der Waals surface area contributed by atoms with Gasteiger partial charge in [0.1, 0.15) is 6.10 Å². The molecule has 1 N–H and O–H groups in total. The first kappa shape index (κ1) is 16.2. The van der Waals surface area contributed by atoms with E-state index in [-0.39, 0.29) is 0 Å². The standard InChI is InChI=1S/C17H29N3O/c1-4-6-15-11-14(13-18-5-2)12-17(19-15)21-16-7-9-20(3)10-8-16/h11-12,16,18H,4-10,13H2,1-3H3. The fourth-order valence-corrected chi connectivity index (χ4v) is 2.71. The molecule has 2 heterocycles. The topological polar surface area (TPSA) is 37.4 Å². The summed E-state index contributed by atoms with van der Waals surface area (Å²) in [7, 11) is 2.17. The van der Waals surface area contributed by atoms with Gasteiger partial charge in [0, 0.05) is 31.4 Å². The van der Waals surface area contributed by atoms with E-state index in [9.17, 15) is 0 Å². The summed E-state index contributed by atoms with van der Waals surface area (Å²) in [4.78, 5) is 7.04. The molecule has 0 spiro atoms. The molecule has 4 heteroatoms. The second-order valence-corrected chi connectivity index (χ2v) is 5.96. The molecule has 0 atom stereocenters. The third kappa shape index (κ3) is 5.29. The van der Waals surface area contributed by atoms with Gasteiger partial charge in [-0.15, -0.1) is 0 Å². The van der Waals surface area contributed by atoms with E-state index in [2.05, 4.69) is 48.2 Å². The molecule has 118 valence electrons. The van der Waals surface area contributed by atoms with Gasteiger partial charge >= 0.3 is 0 Å². The number of nitrogens with zero attached hydrogens (tertiary/aromatic N) is 2. The molecule has 0 radical (unpaired) electrons. The van der Waals surface area contributed by atoms with E-state index in [1.54, 1.807) is 0 Å². The molecule has 0 saturated carbocycles. The molecule has 4 nitrogen and oxygen atoms in total. The number of aromatic nitrogens is 1. The Labute approximate surface area is 128 Å². The Morgan fingerprint density at radius 1 is 1.29 bits per heavy atom. The van der Waals surface area contributed by atoms with Crippen molar-refractivity contribution in [3.63, 3.8) is 0 Å². The molecule has 2 rings (SSSR count). The number of ether oxygens (including phenoxy) is 1. The second kappa shape index (κ2) is 8.35. The van der Waals surface area contributed by atoms with Gasteiger partial charge < -0.3 is 15.0 Å². The first-order chi connectivity index (χ1) is 10.2. The zero-order valence-electron chi connectivity index (χ0n) is 13.7. The van der Waals surface area contributed by atoms with Gasteiger partial charge in [-0.05, 0) is 44.5 Å². The number of hydrogen-bond donors (Lipinski definition) is 1. The van der Waals surface area contributed by atoms with Crippen molar-refractivity contribution < 1.29 is 4.74 Å². The van der Waals surface area contributed by atoms with E-state index in [1.807, 2.05) is 0 Å². The molecule has 0 bridgehead atoms. The summed E-state index contributed by atoms with van der Waals surface area (Å²) in [5, 5.41) is 3.38. The average molecular weight is 291 g/mol. The van der Waals surface area contributed by atoms with Crippen LogP contribution in [0.25, 0.3) is 0 Å². The molecule has 1 aromatic heterocycles. The van der Waals surface area contributed by atoms with Gasteiger partial charge in [0.2, 0.25) is 5.88 Å². The molecule has 1 fully saturated rings. The number of piperidine rings is 1. The molecule has 0 aromatic carbocycles. The van der Waals surface area contributed by atoms with E-state index in [0.29, 0.717) is 6.10 Å². The van der Waals surface area contributed by atoms with Gasteiger partial charge in [0.15, 0.2) is 0 Å². The van der Waals surface area contributed by atoms with E-state index in [4.69, 9.17) is 4.74 Å². The Balaban J connectivity index is 2.03. The second-order valence-electron chi connectivity index (χ2n) is 5.96. The first-order valence-electron chi connectivity index (χ1n) is 8.27. The number of pyridine rings is 1. The molecule has 0 aliphatic carbocycles. The fourth-order valence-electron chi connectivity index (χ4n) is 2.71. The summed E-state index contributed by atoms with van der Waals surface area (Å²) in [5.74, 6) is 0.809. The minimum atomic E-state index is 0.317. The first-order valence-corrected chi connectivity index (χ1v) is 8.27. The lowest BCUT2D eigenvalue weighted by Gasteiger charge is -2.29. The maximum absolute atomic E-state index is 6.15. The smallest absolute Gasteiger partial charge is 0.214 e. The summed E-state index contributed by atoms with van der Waals surface area (Å²) in [6.45, 7) is 8.42. The molecule has 1 aliphatic heterocycles. The van der Waals surface area contributed by atoms with Crippen LogP contribution in [-0.4, -0.2) is 42.7 Å². The van der Waals surface area contributed by atoms with Gasteiger partial charge in [-0.1, -0.05) is 20.3 Å². The van der Waals surface area contributed by atoms with Gasteiger partial charge in [-0.2, -0.15) is 0 Å². The van der Waals surface area contributed by atoms with Crippen molar-refractivity contribution in [3.05, 3.63) is 23.4 Å². The van der Waals surface area contributed by atoms with Crippen molar-refractivity contribution in [2.24, 2.45) is 0 Å². The number of nitrogens with one attached hydrogen (secondary N) is 1. The van der Waals surface area contributed by atoms with E-state index >= 15 is 0 Å².